The van der Waals surface area contributed by atoms with E-state index in [0.717, 1.165) is 12.1 Å². The van der Waals surface area contributed by atoms with Crippen LogP contribution in [0.2, 0.25) is 0 Å². The average Bonchev–Trinajstić information content (AvgIpc) is 3.54. The van der Waals surface area contributed by atoms with Crippen LogP contribution >= 0.6 is 0 Å². The zero-order chi connectivity index (χ0) is 46.6. The zero-order valence-corrected chi connectivity index (χ0v) is 40.1. The molecule has 2 atom stereocenters. The van der Waals surface area contributed by atoms with E-state index in [1.54, 1.807) is 6.08 Å². The van der Waals surface area contributed by atoms with Gasteiger partial charge in [-0.05, 0) is 6.92 Å². The van der Waals surface area contributed by atoms with Crippen molar-refractivity contribution in [1.82, 2.24) is 0 Å². The van der Waals surface area contributed by atoms with Crippen LogP contribution in [0.3, 0.4) is 0 Å². The van der Waals surface area contributed by atoms with Gasteiger partial charge >= 0.3 is 330 Å². The molecule has 336 valence electrons. The van der Waals surface area contributed by atoms with Gasteiger partial charge in [-0.25, -0.2) is 0 Å². The topological polar surface area (TPSA) is 9.23 Å². The van der Waals surface area contributed by atoms with Gasteiger partial charge in [-0.3, -0.25) is 0 Å². The van der Waals surface area contributed by atoms with E-state index < -0.39 is 0 Å². The third-order valence-corrected chi connectivity index (χ3v) is 12.1. The van der Waals surface area contributed by atoms with Crippen LogP contribution in [-0.4, -0.2) is 18.7 Å². The summed E-state index contributed by atoms with van der Waals surface area (Å²) >= 11 is 0. The van der Waals surface area contributed by atoms with Crippen molar-refractivity contribution < 1.29 is 4.74 Å². The number of aryl methyl sites for hydroxylation is 1. The first-order valence-corrected chi connectivity index (χ1v) is 24.0. The molecule has 8 aromatic rings. The van der Waals surface area contributed by atoms with Crippen molar-refractivity contribution in [2.45, 2.75) is 81.3 Å². The standard InChI is InChI=1S/C55H39BO.C3H6.3C2H6.CH4/c1-35-13-12-18-39(31-35)40-23-26-42-33-41(32-40)56-55(57-42)52-34-51(46-22-11-9-20-44(46)37-16-6-3-7-17-37)49-28-25-38-24-27-47(48-29-30-50(52)54(49)53(38)48)45-21-10-8-19-43(45)36-14-4-2-5-15-36;1-3-2;3*1-2;/h2-33,42,52H,34H2,1H3;3H,1H2,2H3;3*1-2H3;1H4. The second kappa shape index (κ2) is 23.4. The number of ether oxygens (including phenoxy) is 1. The van der Waals surface area contributed by atoms with Gasteiger partial charge in [0.1, 0.15) is 0 Å². The second-order valence-electron chi connectivity index (χ2n) is 16.0. The number of hydrogen-bond acceptors (Lipinski definition) is 1. The van der Waals surface area contributed by atoms with Crippen molar-refractivity contribution in [1.29, 1.82) is 0 Å². The van der Waals surface area contributed by atoms with Crippen LogP contribution in [0.4, 0.5) is 0 Å². The average molecular weight is 875 g/mol. The summed E-state index contributed by atoms with van der Waals surface area (Å²) in [5, 5.41) is 6.49. The molecular formula is C65H67BO. The van der Waals surface area contributed by atoms with Gasteiger partial charge in [0.2, 0.25) is 0 Å². The summed E-state index contributed by atoms with van der Waals surface area (Å²) < 4.78 is 7.02. The van der Waals surface area contributed by atoms with E-state index in [1.165, 1.54) is 99.0 Å². The number of rotatable bonds is 6. The Morgan fingerprint density at radius 2 is 1.15 bits per heavy atom. The number of hydrogen-bond donors (Lipinski definition) is 0. The van der Waals surface area contributed by atoms with E-state index in [9.17, 15) is 0 Å². The summed E-state index contributed by atoms with van der Waals surface area (Å²) in [7, 11) is 0. The van der Waals surface area contributed by atoms with Crippen molar-refractivity contribution in [3.05, 3.63) is 240 Å². The van der Waals surface area contributed by atoms with Crippen LogP contribution in [0.25, 0.3) is 66.1 Å². The molecule has 0 amide bonds. The van der Waals surface area contributed by atoms with E-state index in [-0.39, 0.29) is 19.4 Å². The monoisotopic (exact) mass is 875 g/mol. The third kappa shape index (κ3) is 10.2. The normalized spacial score (nSPS) is 14.9. The summed E-state index contributed by atoms with van der Waals surface area (Å²) in [6, 6.07) is 62.3. The van der Waals surface area contributed by atoms with Gasteiger partial charge < -0.3 is 0 Å². The van der Waals surface area contributed by atoms with E-state index in [1.807, 2.05) is 48.5 Å². The molecule has 3 aliphatic rings. The van der Waals surface area contributed by atoms with Gasteiger partial charge in [0.15, 0.2) is 0 Å². The molecule has 0 saturated carbocycles. The Balaban J connectivity index is 0.000000697. The Labute approximate surface area is 402 Å². The SMILES string of the molecule is C.C=CC.CC.CC.CC.Cc1cccc(C2=CC3=CC(C=C2)OC(C2CC(c4ccccc4-c4ccccc4)=c4ccc5ccc(-c6ccccc6-c6ccccc6)c6ccc2c4c56)=B3)c1. The van der Waals surface area contributed by atoms with Gasteiger partial charge in [-0.1, -0.05) is 61.1 Å². The van der Waals surface area contributed by atoms with Gasteiger partial charge in [0, 0.05) is 0 Å². The predicted octanol–water partition coefficient (Wildman–Crippen LogP) is 17.4. The molecule has 2 unspecified atom stereocenters. The molecule has 0 N–H and O–H groups in total. The van der Waals surface area contributed by atoms with Crippen molar-refractivity contribution in [3.63, 3.8) is 0 Å². The summed E-state index contributed by atoms with van der Waals surface area (Å²) in [5.74, 6) is 0.0279. The van der Waals surface area contributed by atoms with Crippen molar-refractivity contribution in [3.8, 4) is 33.4 Å². The number of allylic oxidation sites excluding steroid dienone is 5. The van der Waals surface area contributed by atoms with Crippen LogP contribution in [0.5, 0.6) is 0 Å². The molecule has 2 aliphatic carbocycles. The maximum absolute atomic E-state index is 7.02. The van der Waals surface area contributed by atoms with Crippen LogP contribution in [0, 0.1) is 6.92 Å². The van der Waals surface area contributed by atoms with Crippen LogP contribution in [0.15, 0.2) is 212 Å². The molecule has 0 fully saturated rings. The molecule has 8 aromatic carbocycles. The molecule has 11 rings (SSSR count). The van der Waals surface area contributed by atoms with Crippen molar-refractivity contribution in [2.24, 2.45) is 0 Å². The Morgan fingerprint density at radius 1 is 0.582 bits per heavy atom. The van der Waals surface area contributed by atoms with Crippen molar-refractivity contribution >= 4 is 45.3 Å². The summed E-state index contributed by atoms with van der Waals surface area (Å²) in [5.41, 5.74) is 17.3. The molecule has 67 heavy (non-hydrogen) atoms. The fraction of sp³-hybridized carbons (Fsp3) is 0.185. The second-order valence-corrected chi connectivity index (χ2v) is 16.0. The zero-order valence-electron chi connectivity index (χ0n) is 40.1. The quantitative estimate of drug-likeness (QED) is 0.119. The first kappa shape index (κ1) is 49.4. The molecule has 2 bridgehead atoms. The minimum absolute atomic E-state index is 0. The van der Waals surface area contributed by atoms with E-state index in [4.69, 9.17) is 4.74 Å². The van der Waals surface area contributed by atoms with Gasteiger partial charge in [-0.15, -0.1) is 6.58 Å². The molecule has 0 radical (unpaired) electrons. The summed E-state index contributed by atoms with van der Waals surface area (Å²) in [4.78, 5) is 0. The van der Waals surface area contributed by atoms with Crippen LogP contribution < -0.4 is 5.22 Å². The molecular weight excluding hydrogens is 808 g/mol. The Bertz CT molecular complexity index is 3130. The van der Waals surface area contributed by atoms with E-state index >= 15 is 0 Å². The molecule has 0 spiro atoms. The van der Waals surface area contributed by atoms with Gasteiger partial charge in [-0.2, -0.15) is 0 Å². The first-order valence-electron chi connectivity index (χ1n) is 24.0. The van der Waals surface area contributed by atoms with E-state index in [2.05, 4.69) is 215 Å². The Morgan fingerprint density at radius 3 is 1.79 bits per heavy atom. The number of benzene rings is 8. The predicted molar refractivity (Wildman–Crippen MR) is 298 cm³/mol. The fourth-order valence-corrected chi connectivity index (χ4v) is 9.51. The van der Waals surface area contributed by atoms with Gasteiger partial charge in [0.05, 0.1) is 0 Å². The molecule has 0 saturated heterocycles. The molecule has 1 heterocycles. The van der Waals surface area contributed by atoms with Crippen LogP contribution in [0.1, 0.15) is 90.5 Å². The number of fused-ring (bicyclic) bond motifs is 1. The van der Waals surface area contributed by atoms with E-state index in [0.29, 0.717) is 0 Å². The minimum atomic E-state index is -0.141. The first-order chi connectivity index (χ1) is 32.6. The molecule has 1 nitrogen and oxygen atoms in total. The summed E-state index contributed by atoms with van der Waals surface area (Å²) in [6.45, 7) is 21.7. The maximum atomic E-state index is 7.02. The van der Waals surface area contributed by atoms with Gasteiger partial charge in [0.25, 0.3) is 0 Å². The van der Waals surface area contributed by atoms with Crippen molar-refractivity contribution in [2.75, 3.05) is 0 Å². The summed E-state index contributed by atoms with van der Waals surface area (Å²) in [6.07, 6.45) is 11.5. The third-order valence-electron chi connectivity index (χ3n) is 12.1. The Kier molecular flexibility index (Phi) is 17.3. The molecule has 1 aliphatic heterocycles. The fourth-order valence-electron chi connectivity index (χ4n) is 9.51. The van der Waals surface area contributed by atoms with Crippen LogP contribution in [-0.2, 0) is 4.74 Å². The molecule has 0 aromatic heterocycles. The Hall–Kier alpha value is -7.03. The molecule has 2 heteroatoms.